The molecule has 0 aliphatic heterocycles. The minimum absolute atomic E-state index is 0.191. The number of rotatable bonds is 2. The summed E-state index contributed by atoms with van der Waals surface area (Å²) in [5.74, 6) is 0. The largest absolute Gasteiger partial charge is 0.379 e. The Morgan fingerprint density at radius 3 is 2.95 bits per heavy atom. The molecular formula is C15H17BrClN3. The summed E-state index contributed by atoms with van der Waals surface area (Å²) in [6.45, 7) is 0. The SMILES string of the molecule is ClC1CCCCCC1Nc1ccnc2cc(Br)cnc12. The fraction of sp³-hybridized carbons (Fsp3) is 0.467. The Morgan fingerprint density at radius 2 is 2.05 bits per heavy atom. The predicted octanol–water partition coefficient (Wildman–Crippen LogP) is 4.74. The summed E-state index contributed by atoms with van der Waals surface area (Å²) in [5.41, 5.74) is 2.83. The number of halogens is 2. The van der Waals surface area contributed by atoms with Crippen LogP contribution in [0, 0.1) is 0 Å². The van der Waals surface area contributed by atoms with Gasteiger partial charge in [-0.25, -0.2) is 0 Å². The summed E-state index contributed by atoms with van der Waals surface area (Å²) in [5, 5.41) is 3.77. The van der Waals surface area contributed by atoms with Crippen molar-refractivity contribution in [3.8, 4) is 0 Å². The Kier molecular flexibility index (Phi) is 4.41. The van der Waals surface area contributed by atoms with Gasteiger partial charge < -0.3 is 5.32 Å². The zero-order valence-electron chi connectivity index (χ0n) is 11.1. The van der Waals surface area contributed by atoms with Gasteiger partial charge in [-0.05, 0) is 40.9 Å². The van der Waals surface area contributed by atoms with Gasteiger partial charge in [0.05, 0.1) is 16.6 Å². The van der Waals surface area contributed by atoms with E-state index < -0.39 is 0 Å². The number of nitrogens with one attached hydrogen (secondary N) is 1. The molecular weight excluding hydrogens is 338 g/mol. The lowest BCUT2D eigenvalue weighted by atomic mass is 10.1. The molecule has 0 saturated heterocycles. The quantitative estimate of drug-likeness (QED) is 0.625. The summed E-state index contributed by atoms with van der Waals surface area (Å²) in [6.07, 6.45) is 9.58. The van der Waals surface area contributed by atoms with Crippen molar-refractivity contribution in [2.75, 3.05) is 5.32 Å². The van der Waals surface area contributed by atoms with Crippen LogP contribution in [0.2, 0.25) is 0 Å². The van der Waals surface area contributed by atoms with E-state index in [1.807, 2.05) is 18.3 Å². The Balaban J connectivity index is 1.90. The van der Waals surface area contributed by atoms with Gasteiger partial charge in [-0.2, -0.15) is 0 Å². The van der Waals surface area contributed by atoms with Gasteiger partial charge in [0.1, 0.15) is 5.52 Å². The number of aromatic nitrogens is 2. The molecule has 2 aromatic rings. The molecule has 2 aromatic heterocycles. The van der Waals surface area contributed by atoms with Crippen LogP contribution in [-0.2, 0) is 0 Å². The van der Waals surface area contributed by atoms with Crippen molar-refractivity contribution in [2.24, 2.45) is 0 Å². The van der Waals surface area contributed by atoms with E-state index in [4.69, 9.17) is 11.6 Å². The monoisotopic (exact) mass is 353 g/mol. The molecule has 2 heterocycles. The fourth-order valence-electron chi connectivity index (χ4n) is 2.75. The minimum Gasteiger partial charge on any atom is -0.379 e. The van der Waals surface area contributed by atoms with Crippen LogP contribution in [0.5, 0.6) is 0 Å². The van der Waals surface area contributed by atoms with Gasteiger partial charge in [0.2, 0.25) is 0 Å². The van der Waals surface area contributed by atoms with Crippen LogP contribution in [0.1, 0.15) is 32.1 Å². The Hall–Kier alpha value is -0.870. The maximum atomic E-state index is 6.51. The van der Waals surface area contributed by atoms with Crippen LogP contribution in [0.25, 0.3) is 11.0 Å². The van der Waals surface area contributed by atoms with E-state index >= 15 is 0 Å². The van der Waals surface area contributed by atoms with Gasteiger partial charge in [-0.3, -0.25) is 9.97 Å². The molecule has 1 saturated carbocycles. The topological polar surface area (TPSA) is 37.8 Å². The first kappa shape index (κ1) is 14.1. The van der Waals surface area contributed by atoms with Crippen molar-refractivity contribution in [3.63, 3.8) is 0 Å². The highest BCUT2D eigenvalue weighted by atomic mass is 79.9. The number of alkyl halides is 1. The lowest BCUT2D eigenvalue weighted by molar-refractivity contribution is 0.628. The number of anilines is 1. The van der Waals surface area contributed by atoms with Gasteiger partial charge in [0, 0.05) is 22.9 Å². The molecule has 0 spiro atoms. The first-order chi connectivity index (χ1) is 9.74. The van der Waals surface area contributed by atoms with E-state index in [0.29, 0.717) is 6.04 Å². The number of hydrogen-bond acceptors (Lipinski definition) is 3. The van der Waals surface area contributed by atoms with Crippen LogP contribution in [0.15, 0.2) is 29.0 Å². The smallest absolute Gasteiger partial charge is 0.112 e. The van der Waals surface area contributed by atoms with Crippen molar-refractivity contribution in [2.45, 2.75) is 43.5 Å². The Bertz CT molecular complexity index is 605. The first-order valence-corrected chi connectivity index (χ1v) is 8.28. The number of nitrogens with zero attached hydrogens (tertiary/aromatic N) is 2. The van der Waals surface area contributed by atoms with E-state index in [-0.39, 0.29) is 5.38 Å². The van der Waals surface area contributed by atoms with Crippen LogP contribution in [0.3, 0.4) is 0 Å². The number of hydrogen-bond donors (Lipinski definition) is 1. The summed E-state index contributed by atoms with van der Waals surface area (Å²) >= 11 is 9.94. The molecule has 1 aliphatic rings. The third-order valence-electron chi connectivity index (χ3n) is 3.82. The lowest BCUT2D eigenvalue weighted by Gasteiger charge is -2.22. The highest BCUT2D eigenvalue weighted by molar-refractivity contribution is 9.10. The fourth-order valence-corrected chi connectivity index (χ4v) is 3.41. The van der Waals surface area contributed by atoms with Crippen LogP contribution in [-0.4, -0.2) is 21.4 Å². The Morgan fingerprint density at radius 1 is 1.20 bits per heavy atom. The minimum atomic E-state index is 0.191. The summed E-state index contributed by atoms with van der Waals surface area (Å²) in [6, 6.07) is 4.28. The van der Waals surface area contributed by atoms with E-state index in [9.17, 15) is 0 Å². The average molecular weight is 355 g/mol. The molecule has 5 heteroatoms. The van der Waals surface area contributed by atoms with Gasteiger partial charge in [0.15, 0.2) is 0 Å². The van der Waals surface area contributed by atoms with Crippen LogP contribution >= 0.6 is 27.5 Å². The third kappa shape index (κ3) is 3.07. The van der Waals surface area contributed by atoms with E-state index in [1.54, 1.807) is 6.20 Å². The molecule has 0 radical (unpaired) electrons. The lowest BCUT2D eigenvalue weighted by Crippen LogP contribution is -2.28. The molecule has 1 aliphatic carbocycles. The molecule has 2 unspecified atom stereocenters. The molecule has 3 rings (SSSR count). The second-order valence-corrected chi connectivity index (χ2v) is 6.76. The van der Waals surface area contributed by atoms with Crippen molar-refractivity contribution in [1.29, 1.82) is 0 Å². The molecule has 20 heavy (non-hydrogen) atoms. The molecule has 0 aromatic carbocycles. The van der Waals surface area contributed by atoms with E-state index in [0.717, 1.165) is 34.0 Å². The molecule has 0 amide bonds. The standard InChI is InChI=1S/C15H17BrClN3/c16-10-8-14-15(19-9-10)13(6-7-18-14)20-12-5-3-1-2-4-11(12)17/h6-9,11-12H,1-5H2,(H,18,20). The van der Waals surface area contributed by atoms with Gasteiger partial charge in [-0.1, -0.05) is 19.3 Å². The van der Waals surface area contributed by atoms with Gasteiger partial charge in [-0.15, -0.1) is 11.6 Å². The maximum absolute atomic E-state index is 6.51. The highest BCUT2D eigenvalue weighted by Gasteiger charge is 2.22. The molecule has 2 atom stereocenters. The van der Waals surface area contributed by atoms with Crippen molar-refractivity contribution >= 4 is 44.3 Å². The summed E-state index contributed by atoms with van der Waals surface area (Å²) < 4.78 is 0.944. The third-order valence-corrected chi connectivity index (χ3v) is 4.77. The molecule has 3 nitrogen and oxygen atoms in total. The van der Waals surface area contributed by atoms with E-state index in [1.165, 1.54) is 19.3 Å². The second-order valence-electron chi connectivity index (χ2n) is 5.28. The highest BCUT2D eigenvalue weighted by Crippen LogP contribution is 2.28. The normalized spacial score (nSPS) is 23.5. The summed E-state index contributed by atoms with van der Waals surface area (Å²) in [4.78, 5) is 8.85. The average Bonchev–Trinajstić information content (AvgIpc) is 2.64. The molecule has 1 fully saturated rings. The molecule has 1 N–H and O–H groups in total. The predicted molar refractivity (Wildman–Crippen MR) is 87.4 cm³/mol. The molecule has 0 bridgehead atoms. The Labute approximate surface area is 132 Å². The first-order valence-electron chi connectivity index (χ1n) is 7.05. The second kappa shape index (κ2) is 6.27. The van der Waals surface area contributed by atoms with Crippen LogP contribution in [0.4, 0.5) is 5.69 Å². The zero-order valence-corrected chi connectivity index (χ0v) is 13.5. The van der Waals surface area contributed by atoms with E-state index in [2.05, 4.69) is 31.2 Å². The number of pyridine rings is 2. The summed E-state index contributed by atoms with van der Waals surface area (Å²) in [7, 11) is 0. The van der Waals surface area contributed by atoms with Crippen molar-refractivity contribution in [3.05, 3.63) is 29.0 Å². The maximum Gasteiger partial charge on any atom is 0.112 e. The van der Waals surface area contributed by atoms with Crippen molar-refractivity contribution < 1.29 is 0 Å². The van der Waals surface area contributed by atoms with Crippen molar-refractivity contribution in [1.82, 2.24) is 9.97 Å². The number of fused-ring (bicyclic) bond motifs is 1. The van der Waals surface area contributed by atoms with Gasteiger partial charge >= 0.3 is 0 Å². The van der Waals surface area contributed by atoms with Crippen LogP contribution < -0.4 is 5.32 Å². The zero-order chi connectivity index (χ0) is 13.9. The van der Waals surface area contributed by atoms with Gasteiger partial charge in [0.25, 0.3) is 0 Å². The molecule has 106 valence electrons.